The van der Waals surface area contributed by atoms with Crippen molar-refractivity contribution in [2.45, 2.75) is 264 Å². The number of esters is 2. The van der Waals surface area contributed by atoms with Gasteiger partial charge in [-0.2, -0.15) is 0 Å². The van der Waals surface area contributed by atoms with Crippen LogP contribution in [0.5, 0.6) is 0 Å². The van der Waals surface area contributed by atoms with Gasteiger partial charge in [0.15, 0.2) is 6.10 Å². The van der Waals surface area contributed by atoms with Gasteiger partial charge in [0.1, 0.15) is 6.61 Å². The average Bonchev–Trinajstić information content (AvgIpc) is 3.17. The Labute approximate surface area is 336 Å². The van der Waals surface area contributed by atoms with Crippen molar-refractivity contribution in [3.8, 4) is 0 Å². The minimum Gasteiger partial charge on any atom is -0.462 e. The zero-order valence-electron chi connectivity index (χ0n) is 36.3. The fourth-order valence-electron chi connectivity index (χ4n) is 7.07. The molecule has 0 fully saturated rings. The number of rotatable bonds is 44. The molecule has 5 heteroatoms. The van der Waals surface area contributed by atoms with Crippen LogP contribution in [0.1, 0.15) is 258 Å². The largest absolute Gasteiger partial charge is 0.462 e. The van der Waals surface area contributed by atoms with Gasteiger partial charge in [-0.1, -0.05) is 205 Å². The van der Waals surface area contributed by atoms with E-state index in [0.717, 1.165) is 38.5 Å². The number of carbonyl (C=O) groups excluding carboxylic acids is 2. The number of ether oxygens (including phenoxy) is 2. The van der Waals surface area contributed by atoms with Gasteiger partial charge in [-0.25, -0.2) is 0 Å². The van der Waals surface area contributed by atoms with Crippen LogP contribution in [0.25, 0.3) is 0 Å². The van der Waals surface area contributed by atoms with Crippen molar-refractivity contribution < 1.29 is 24.2 Å². The molecule has 54 heavy (non-hydrogen) atoms. The molecular weight excluding hydrogens is 669 g/mol. The summed E-state index contributed by atoms with van der Waals surface area (Å²) >= 11 is 0. The van der Waals surface area contributed by atoms with Gasteiger partial charge in [-0.3, -0.25) is 9.59 Å². The molecule has 318 valence electrons. The van der Waals surface area contributed by atoms with Gasteiger partial charge >= 0.3 is 11.9 Å². The quantitative estimate of drug-likeness (QED) is 0.0380. The lowest BCUT2D eigenvalue weighted by Gasteiger charge is -2.15. The summed E-state index contributed by atoms with van der Waals surface area (Å²) in [5.41, 5.74) is 0. The Morgan fingerprint density at radius 1 is 0.407 bits per heavy atom. The highest BCUT2D eigenvalue weighted by Gasteiger charge is 2.16. The molecule has 0 rings (SSSR count). The van der Waals surface area contributed by atoms with E-state index in [2.05, 4.69) is 38.2 Å². The zero-order chi connectivity index (χ0) is 39.3. The van der Waals surface area contributed by atoms with Gasteiger partial charge in [0, 0.05) is 12.8 Å². The fourth-order valence-corrected chi connectivity index (χ4v) is 7.07. The predicted octanol–water partition coefficient (Wildman–Crippen LogP) is 15.4. The fraction of sp³-hybridized carbons (Fsp3) is 0.878. The van der Waals surface area contributed by atoms with Crippen molar-refractivity contribution in [3.63, 3.8) is 0 Å². The number of aliphatic hydroxyl groups excluding tert-OH is 1. The van der Waals surface area contributed by atoms with Gasteiger partial charge in [-0.05, 0) is 64.2 Å². The first-order valence-electron chi connectivity index (χ1n) is 23.9. The summed E-state index contributed by atoms with van der Waals surface area (Å²) in [7, 11) is 0. The van der Waals surface area contributed by atoms with Crippen LogP contribution < -0.4 is 0 Å². The number of aliphatic hydroxyl groups is 1. The van der Waals surface area contributed by atoms with Crippen molar-refractivity contribution in [2.24, 2.45) is 0 Å². The Hall–Kier alpha value is -1.62. The lowest BCUT2D eigenvalue weighted by Crippen LogP contribution is -2.28. The van der Waals surface area contributed by atoms with Crippen LogP contribution in [0.15, 0.2) is 24.3 Å². The van der Waals surface area contributed by atoms with Crippen LogP contribution in [0.2, 0.25) is 0 Å². The van der Waals surface area contributed by atoms with Crippen LogP contribution in [-0.4, -0.2) is 36.4 Å². The number of unbranched alkanes of at least 4 members (excludes halogenated alkanes) is 32. The van der Waals surface area contributed by atoms with Crippen molar-refractivity contribution in [1.29, 1.82) is 0 Å². The lowest BCUT2D eigenvalue weighted by molar-refractivity contribution is -0.161. The first kappa shape index (κ1) is 52.4. The summed E-state index contributed by atoms with van der Waals surface area (Å²) in [5.74, 6) is -0.584. The van der Waals surface area contributed by atoms with Crippen molar-refractivity contribution in [3.05, 3.63) is 24.3 Å². The zero-order valence-corrected chi connectivity index (χ0v) is 36.3. The minimum absolute atomic E-state index is 0.0639. The topological polar surface area (TPSA) is 72.8 Å². The number of hydrogen-bond donors (Lipinski definition) is 1. The molecule has 0 saturated carbocycles. The highest BCUT2D eigenvalue weighted by Crippen LogP contribution is 2.15. The maximum atomic E-state index is 12.2. The molecule has 1 atom stereocenters. The normalized spacial score (nSPS) is 12.3. The van der Waals surface area contributed by atoms with E-state index in [1.165, 1.54) is 193 Å². The molecule has 0 spiro atoms. The van der Waals surface area contributed by atoms with Gasteiger partial charge < -0.3 is 14.6 Å². The van der Waals surface area contributed by atoms with Gasteiger partial charge in [0.25, 0.3) is 0 Å². The van der Waals surface area contributed by atoms with Crippen molar-refractivity contribution in [2.75, 3.05) is 13.2 Å². The average molecular weight is 761 g/mol. The summed E-state index contributed by atoms with van der Waals surface area (Å²) in [6.45, 7) is 4.16. The van der Waals surface area contributed by atoms with Gasteiger partial charge in [-0.15, -0.1) is 0 Å². The molecule has 0 aromatic carbocycles. The smallest absolute Gasteiger partial charge is 0.306 e. The number of hydrogen-bond acceptors (Lipinski definition) is 5. The maximum absolute atomic E-state index is 12.2. The Kier molecular flexibility index (Phi) is 44.4. The van der Waals surface area contributed by atoms with Crippen molar-refractivity contribution >= 4 is 11.9 Å². The third-order valence-electron chi connectivity index (χ3n) is 10.7. The second kappa shape index (κ2) is 45.8. The predicted molar refractivity (Wildman–Crippen MR) is 233 cm³/mol. The summed E-state index contributed by atoms with van der Waals surface area (Å²) in [6, 6.07) is 0. The highest BCUT2D eigenvalue weighted by molar-refractivity contribution is 5.70. The monoisotopic (exact) mass is 761 g/mol. The van der Waals surface area contributed by atoms with Crippen LogP contribution in [0.4, 0.5) is 0 Å². The summed E-state index contributed by atoms with van der Waals surface area (Å²) in [5, 5.41) is 9.60. The van der Waals surface area contributed by atoms with E-state index in [9.17, 15) is 14.7 Å². The van der Waals surface area contributed by atoms with E-state index in [0.29, 0.717) is 12.8 Å². The number of allylic oxidation sites excluding steroid dienone is 4. The van der Waals surface area contributed by atoms with E-state index in [-0.39, 0.29) is 25.2 Å². The second-order valence-electron chi connectivity index (χ2n) is 16.2. The van der Waals surface area contributed by atoms with E-state index in [1.807, 2.05) is 0 Å². The highest BCUT2D eigenvalue weighted by atomic mass is 16.6. The lowest BCUT2D eigenvalue weighted by atomic mass is 10.1. The molecule has 0 saturated heterocycles. The first-order chi connectivity index (χ1) is 26.6. The molecule has 1 unspecified atom stereocenters. The molecule has 0 radical (unpaired) electrons. The molecule has 0 aliphatic rings. The molecule has 0 amide bonds. The molecule has 0 aromatic heterocycles. The van der Waals surface area contributed by atoms with E-state index >= 15 is 0 Å². The molecule has 0 bridgehead atoms. The Balaban J connectivity index is 3.49. The van der Waals surface area contributed by atoms with E-state index in [1.54, 1.807) is 0 Å². The van der Waals surface area contributed by atoms with Crippen LogP contribution in [0, 0.1) is 0 Å². The first-order valence-corrected chi connectivity index (χ1v) is 23.9. The minimum atomic E-state index is -0.770. The van der Waals surface area contributed by atoms with Crippen LogP contribution >= 0.6 is 0 Å². The molecule has 1 N–H and O–H groups in total. The van der Waals surface area contributed by atoms with E-state index in [4.69, 9.17) is 9.47 Å². The number of carbonyl (C=O) groups is 2. The van der Waals surface area contributed by atoms with Crippen LogP contribution in [0.3, 0.4) is 0 Å². The maximum Gasteiger partial charge on any atom is 0.306 e. The Morgan fingerprint density at radius 3 is 1.00 bits per heavy atom. The Morgan fingerprint density at radius 2 is 0.685 bits per heavy atom. The second-order valence-corrected chi connectivity index (χ2v) is 16.2. The summed E-state index contributed by atoms with van der Waals surface area (Å²) in [4.78, 5) is 24.4. The molecule has 0 aromatic rings. The summed E-state index contributed by atoms with van der Waals surface area (Å²) in [6.07, 6.45) is 55.4. The molecule has 5 nitrogen and oxygen atoms in total. The van der Waals surface area contributed by atoms with Gasteiger partial charge in [0.2, 0.25) is 0 Å². The summed E-state index contributed by atoms with van der Waals surface area (Å²) < 4.78 is 10.7. The van der Waals surface area contributed by atoms with Gasteiger partial charge in [0.05, 0.1) is 6.61 Å². The standard InChI is InChI=1S/C49H92O5/c1-3-5-7-9-11-13-15-17-19-21-23-24-26-28-30-32-34-36-38-40-42-44-49(52)54-47(45-50)46-53-48(51)43-41-39-37-35-33-31-29-27-25-22-20-18-16-14-12-10-8-6-4-2/h18,20-21,23,47,50H,3-17,19,22,24-46H2,1-2H3/b20-18-,23-21-. The molecule has 0 heterocycles. The SMILES string of the molecule is CCCCCCCC/C=C\CCCCCCCCCCCC(=O)OCC(CO)OC(=O)CCCCCCCCCCC/C=C\CCCCCCCCCC. The molecule has 0 aliphatic carbocycles. The van der Waals surface area contributed by atoms with Crippen LogP contribution in [-0.2, 0) is 19.1 Å². The van der Waals surface area contributed by atoms with E-state index < -0.39 is 6.10 Å². The third-order valence-corrected chi connectivity index (χ3v) is 10.7. The third kappa shape index (κ3) is 43.1. The molecular formula is C49H92O5. The van der Waals surface area contributed by atoms with Crippen molar-refractivity contribution in [1.82, 2.24) is 0 Å². The Bertz CT molecular complexity index is 821. The molecule has 0 aliphatic heterocycles.